The van der Waals surface area contributed by atoms with E-state index in [1.54, 1.807) is 12.1 Å². The molecule has 0 fully saturated rings. The van der Waals surface area contributed by atoms with Gasteiger partial charge in [0.2, 0.25) is 10.0 Å². The third-order valence-electron chi connectivity index (χ3n) is 5.07. The van der Waals surface area contributed by atoms with E-state index < -0.39 is 10.0 Å². The van der Waals surface area contributed by atoms with Crippen molar-refractivity contribution in [3.63, 3.8) is 0 Å². The number of amides is 1. The van der Waals surface area contributed by atoms with Crippen molar-refractivity contribution in [1.29, 1.82) is 0 Å². The molecule has 1 atom stereocenters. The van der Waals surface area contributed by atoms with Crippen molar-refractivity contribution < 1.29 is 13.2 Å². The number of benzene rings is 2. The highest BCUT2D eigenvalue weighted by atomic mass is 32.2. The lowest BCUT2D eigenvalue weighted by atomic mass is 9.98. The molecule has 0 bridgehead atoms. The van der Waals surface area contributed by atoms with E-state index in [1.807, 2.05) is 26.8 Å². The van der Waals surface area contributed by atoms with Gasteiger partial charge in [-0.15, -0.1) is 0 Å². The maximum Gasteiger partial charge on any atom is 0.251 e. The number of nitrogens with zero attached hydrogens (tertiary/aromatic N) is 1. The van der Waals surface area contributed by atoms with Gasteiger partial charge in [-0.3, -0.25) is 9.10 Å². The van der Waals surface area contributed by atoms with E-state index in [-0.39, 0.29) is 11.9 Å². The van der Waals surface area contributed by atoms with Crippen LogP contribution in [0, 0.1) is 13.8 Å². The molecular formula is C21H26N2O3S. The first-order chi connectivity index (χ1) is 12.7. The number of aryl methyl sites for hydroxylation is 3. The average molecular weight is 387 g/mol. The fourth-order valence-electron chi connectivity index (χ4n) is 3.63. The van der Waals surface area contributed by atoms with E-state index in [2.05, 4.69) is 23.5 Å². The van der Waals surface area contributed by atoms with Gasteiger partial charge in [0.05, 0.1) is 18.0 Å². The smallest absolute Gasteiger partial charge is 0.251 e. The standard InChI is InChI=1S/C21H26N2O3S/c1-14-7-8-15(2)19(12-14)16(3)22-21(24)18-9-10-20-17(13-18)6-5-11-23(20)27(4,25)26/h7-10,12-13,16H,5-6,11H2,1-4H3,(H,22,24). The molecule has 0 aliphatic carbocycles. The van der Waals surface area contributed by atoms with Crippen LogP contribution in [0.2, 0.25) is 0 Å². The van der Waals surface area contributed by atoms with Crippen molar-refractivity contribution in [3.8, 4) is 0 Å². The van der Waals surface area contributed by atoms with Gasteiger partial charge in [-0.25, -0.2) is 8.42 Å². The molecule has 2 aromatic rings. The Kier molecular flexibility index (Phi) is 5.29. The number of fused-ring (bicyclic) bond motifs is 1. The lowest BCUT2D eigenvalue weighted by Gasteiger charge is -2.29. The van der Waals surface area contributed by atoms with E-state index in [1.165, 1.54) is 10.6 Å². The molecule has 144 valence electrons. The molecule has 0 saturated carbocycles. The Morgan fingerprint density at radius 2 is 1.89 bits per heavy atom. The molecule has 1 N–H and O–H groups in total. The van der Waals surface area contributed by atoms with Gasteiger partial charge in [-0.1, -0.05) is 23.8 Å². The molecule has 2 aromatic carbocycles. The third-order valence-corrected chi connectivity index (χ3v) is 6.25. The first-order valence-corrected chi connectivity index (χ1v) is 11.0. The van der Waals surface area contributed by atoms with E-state index >= 15 is 0 Å². The van der Waals surface area contributed by atoms with Crippen molar-refractivity contribution in [2.75, 3.05) is 17.1 Å². The molecule has 0 saturated heterocycles. The van der Waals surface area contributed by atoms with Crippen LogP contribution >= 0.6 is 0 Å². The maximum absolute atomic E-state index is 12.7. The van der Waals surface area contributed by atoms with E-state index in [4.69, 9.17) is 0 Å². The van der Waals surface area contributed by atoms with Crippen molar-refractivity contribution in [2.24, 2.45) is 0 Å². The molecule has 5 nitrogen and oxygen atoms in total. The SMILES string of the molecule is Cc1ccc(C)c(C(C)NC(=O)c2ccc3c(c2)CCCN3S(C)(=O)=O)c1. The largest absolute Gasteiger partial charge is 0.346 e. The molecule has 1 unspecified atom stereocenters. The molecule has 6 heteroatoms. The number of carbonyl (C=O) groups is 1. The minimum atomic E-state index is -3.30. The molecule has 1 heterocycles. The second-order valence-electron chi connectivity index (χ2n) is 7.34. The van der Waals surface area contributed by atoms with E-state index in [0.29, 0.717) is 17.8 Å². The normalized spacial score (nSPS) is 15.2. The zero-order valence-electron chi connectivity index (χ0n) is 16.2. The van der Waals surface area contributed by atoms with Crippen molar-refractivity contribution in [2.45, 2.75) is 39.7 Å². The molecular weight excluding hydrogens is 360 g/mol. The summed E-state index contributed by atoms with van der Waals surface area (Å²) >= 11 is 0. The van der Waals surface area contributed by atoms with Gasteiger partial charge in [0, 0.05) is 12.1 Å². The summed E-state index contributed by atoms with van der Waals surface area (Å²) in [6, 6.07) is 11.4. The lowest BCUT2D eigenvalue weighted by Crippen LogP contribution is -2.35. The summed E-state index contributed by atoms with van der Waals surface area (Å²) in [6.45, 7) is 6.54. The predicted molar refractivity (Wildman–Crippen MR) is 109 cm³/mol. The number of carbonyl (C=O) groups excluding carboxylic acids is 1. The number of sulfonamides is 1. The van der Waals surface area contributed by atoms with Gasteiger partial charge in [-0.2, -0.15) is 0 Å². The van der Waals surface area contributed by atoms with Crippen LogP contribution in [0.3, 0.4) is 0 Å². The Morgan fingerprint density at radius 3 is 2.59 bits per heavy atom. The molecule has 1 amide bonds. The molecule has 27 heavy (non-hydrogen) atoms. The summed E-state index contributed by atoms with van der Waals surface area (Å²) in [6.07, 6.45) is 2.74. The van der Waals surface area contributed by atoms with Crippen LogP contribution in [-0.2, 0) is 16.4 Å². The molecule has 0 radical (unpaired) electrons. The number of anilines is 1. The topological polar surface area (TPSA) is 66.5 Å². The second kappa shape index (κ2) is 7.35. The monoisotopic (exact) mass is 386 g/mol. The number of nitrogens with one attached hydrogen (secondary N) is 1. The van der Waals surface area contributed by atoms with Crippen LogP contribution < -0.4 is 9.62 Å². The zero-order valence-corrected chi connectivity index (χ0v) is 17.1. The van der Waals surface area contributed by atoms with Crippen molar-refractivity contribution >= 4 is 21.6 Å². The fraction of sp³-hybridized carbons (Fsp3) is 0.381. The van der Waals surface area contributed by atoms with Crippen LogP contribution in [0.1, 0.15) is 52.0 Å². The van der Waals surface area contributed by atoms with Crippen LogP contribution in [0.25, 0.3) is 0 Å². The summed E-state index contributed by atoms with van der Waals surface area (Å²) < 4.78 is 25.4. The lowest BCUT2D eigenvalue weighted by molar-refractivity contribution is 0.0939. The minimum Gasteiger partial charge on any atom is -0.346 e. The Bertz CT molecular complexity index is 983. The first-order valence-electron chi connectivity index (χ1n) is 9.15. The first kappa shape index (κ1) is 19.4. The highest BCUT2D eigenvalue weighted by Gasteiger charge is 2.25. The molecule has 1 aliphatic rings. The summed E-state index contributed by atoms with van der Waals surface area (Å²) in [5.41, 5.74) is 5.54. The second-order valence-corrected chi connectivity index (χ2v) is 9.24. The highest BCUT2D eigenvalue weighted by molar-refractivity contribution is 7.92. The summed E-state index contributed by atoms with van der Waals surface area (Å²) in [5.74, 6) is -0.150. The molecule has 1 aliphatic heterocycles. The average Bonchev–Trinajstić information content (AvgIpc) is 2.61. The number of rotatable bonds is 4. The minimum absolute atomic E-state index is 0.110. The number of hydrogen-bond donors (Lipinski definition) is 1. The maximum atomic E-state index is 12.7. The molecule has 0 spiro atoms. The Morgan fingerprint density at radius 1 is 1.15 bits per heavy atom. The highest BCUT2D eigenvalue weighted by Crippen LogP contribution is 2.30. The van der Waals surface area contributed by atoms with Crippen LogP contribution in [0.15, 0.2) is 36.4 Å². The van der Waals surface area contributed by atoms with Crippen LogP contribution in [-0.4, -0.2) is 27.1 Å². The van der Waals surface area contributed by atoms with Crippen molar-refractivity contribution in [3.05, 3.63) is 64.2 Å². The Hall–Kier alpha value is -2.34. The molecule has 3 rings (SSSR count). The summed E-state index contributed by atoms with van der Waals surface area (Å²) in [7, 11) is -3.30. The van der Waals surface area contributed by atoms with Gasteiger partial charge >= 0.3 is 0 Å². The quantitative estimate of drug-likeness (QED) is 0.874. The van der Waals surface area contributed by atoms with Gasteiger partial charge in [0.15, 0.2) is 0 Å². The van der Waals surface area contributed by atoms with Crippen LogP contribution in [0.4, 0.5) is 5.69 Å². The summed E-state index contributed by atoms with van der Waals surface area (Å²) in [4.78, 5) is 12.7. The zero-order chi connectivity index (χ0) is 19.8. The molecule has 0 aromatic heterocycles. The Balaban J connectivity index is 1.83. The van der Waals surface area contributed by atoms with Gasteiger partial charge in [-0.05, 0) is 68.5 Å². The fourth-order valence-corrected chi connectivity index (χ4v) is 4.63. The Labute approximate surface area is 161 Å². The predicted octanol–water partition coefficient (Wildman–Crippen LogP) is 3.51. The van der Waals surface area contributed by atoms with E-state index in [9.17, 15) is 13.2 Å². The van der Waals surface area contributed by atoms with E-state index in [0.717, 1.165) is 35.1 Å². The van der Waals surface area contributed by atoms with Gasteiger partial charge in [0.1, 0.15) is 0 Å². The third kappa shape index (κ3) is 4.16. The van der Waals surface area contributed by atoms with Gasteiger partial charge in [0.25, 0.3) is 5.91 Å². The number of hydrogen-bond acceptors (Lipinski definition) is 3. The van der Waals surface area contributed by atoms with Crippen LogP contribution in [0.5, 0.6) is 0 Å². The summed E-state index contributed by atoms with van der Waals surface area (Å²) in [5, 5.41) is 3.06. The van der Waals surface area contributed by atoms with Crippen molar-refractivity contribution in [1.82, 2.24) is 5.32 Å². The van der Waals surface area contributed by atoms with Gasteiger partial charge < -0.3 is 5.32 Å².